The molecule has 1 unspecified atom stereocenters. The summed E-state index contributed by atoms with van der Waals surface area (Å²) in [5.41, 5.74) is 1.76. The zero-order valence-corrected chi connectivity index (χ0v) is 11.7. The highest BCUT2D eigenvalue weighted by atomic mass is 17.2. The molecule has 0 spiro atoms. The molecule has 0 bridgehead atoms. The number of hydrogen-bond acceptors (Lipinski definition) is 4. The fraction of sp³-hybridized carbons (Fsp3) is 0.533. The summed E-state index contributed by atoms with van der Waals surface area (Å²) in [5.74, 6) is 1.11. The zero-order valence-electron chi connectivity index (χ0n) is 11.7. The maximum absolute atomic E-state index is 5.73. The van der Waals surface area contributed by atoms with Gasteiger partial charge in [0.2, 0.25) is 0 Å². The van der Waals surface area contributed by atoms with Crippen LogP contribution < -0.4 is 0 Å². The predicted octanol–water partition coefficient (Wildman–Crippen LogP) is 3.57. The van der Waals surface area contributed by atoms with E-state index in [0.717, 1.165) is 36.5 Å². The van der Waals surface area contributed by atoms with Crippen molar-refractivity contribution in [3.05, 3.63) is 29.8 Å². The molecule has 0 aliphatic carbocycles. The minimum atomic E-state index is -0.316. The van der Waals surface area contributed by atoms with Gasteiger partial charge in [-0.2, -0.15) is 0 Å². The van der Waals surface area contributed by atoms with Crippen LogP contribution in [0.1, 0.15) is 45.4 Å². The van der Waals surface area contributed by atoms with Gasteiger partial charge in [0.25, 0.3) is 0 Å². The van der Waals surface area contributed by atoms with Crippen LogP contribution >= 0.6 is 0 Å². The number of amidine groups is 1. The van der Waals surface area contributed by atoms with Gasteiger partial charge >= 0.3 is 0 Å². The second-order valence-corrected chi connectivity index (χ2v) is 6.03. The van der Waals surface area contributed by atoms with E-state index in [2.05, 4.69) is 11.0 Å². The second kappa shape index (κ2) is 4.62. The van der Waals surface area contributed by atoms with Crippen molar-refractivity contribution in [3.8, 4) is 0 Å². The summed E-state index contributed by atoms with van der Waals surface area (Å²) >= 11 is 0. The molecule has 19 heavy (non-hydrogen) atoms. The van der Waals surface area contributed by atoms with Crippen LogP contribution in [-0.2, 0) is 9.78 Å². The maximum atomic E-state index is 5.73. The lowest BCUT2D eigenvalue weighted by molar-refractivity contribution is -0.392. The molecule has 1 aromatic rings. The molecule has 1 saturated heterocycles. The fourth-order valence-corrected chi connectivity index (χ4v) is 2.45. The SMILES string of the molecule is CC(C)(C)OOC1c2ccccc2N=C2CCCN21. The first-order valence-electron chi connectivity index (χ1n) is 6.82. The monoisotopic (exact) mass is 260 g/mol. The van der Waals surface area contributed by atoms with Crippen LogP contribution in [0.25, 0.3) is 0 Å². The molecule has 4 nitrogen and oxygen atoms in total. The van der Waals surface area contributed by atoms with Crippen molar-refractivity contribution < 1.29 is 9.78 Å². The molecular formula is C15H20N2O2. The van der Waals surface area contributed by atoms with Gasteiger partial charge in [0.1, 0.15) is 5.84 Å². The Morgan fingerprint density at radius 3 is 2.84 bits per heavy atom. The minimum absolute atomic E-state index is 0.176. The van der Waals surface area contributed by atoms with Gasteiger partial charge < -0.3 is 4.90 Å². The Morgan fingerprint density at radius 2 is 2.05 bits per heavy atom. The number of rotatable bonds is 2. The third kappa shape index (κ3) is 2.51. The second-order valence-electron chi connectivity index (χ2n) is 6.03. The van der Waals surface area contributed by atoms with E-state index in [0.29, 0.717) is 0 Å². The van der Waals surface area contributed by atoms with E-state index in [1.807, 2.05) is 39.0 Å². The highest BCUT2D eigenvalue weighted by Gasteiger charge is 2.35. The first kappa shape index (κ1) is 12.6. The summed E-state index contributed by atoms with van der Waals surface area (Å²) < 4.78 is 0. The Bertz CT molecular complexity index is 505. The molecule has 0 saturated carbocycles. The molecule has 1 atom stereocenters. The van der Waals surface area contributed by atoms with Crippen LogP contribution in [0.2, 0.25) is 0 Å². The maximum Gasteiger partial charge on any atom is 0.193 e. The number of para-hydroxylation sites is 1. The predicted molar refractivity (Wildman–Crippen MR) is 74.1 cm³/mol. The van der Waals surface area contributed by atoms with Crippen LogP contribution in [0.4, 0.5) is 5.69 Å². The van der Waals surface area contributed by atoms with E-state index in [1.54, 1.807) is 0 Å². The molecule has 0 radical (unpaired) electrons. The van der Waals surface area contributed by atoms with E-state index < -0.39 is 0 Å². The molecule has 0 amide bonds. The van der Waals surface area contributed by atoms with Gasteiger partial charge in [-0.05, 0) is 33.3 Å². The van der Waals surface area contributed by atoms with E-state index in [4.69, 9.17) is 14.8 Å². The lowest BCUT2D eigenvalue weighted by Crippen LogP contribution is -2.35. The largest absolute Gasteiger partial charge is 0.328 e. The van der Waals surface area contributed by atoms with Crippen LogP contribution in [0.5, 0.6) is 0 Å². The quantitative estimate of drug-likeness (QED) is 0.602. The Balaban J connectivity index is 1.90. The number of aliphatic imine (C=N–C) groups is 1. The average molecular weight is 260 g/mol. The minimum Gasteiger partial charge on any atom is -0.328 e. The summed E-state index contributed by atoms with van der Waals surface area (Å²) in [7, 11) is 0. The van der Waals surface area contributed by atoms with Gasteiger partial charge in [0.05, 0.1) is 11.3 Å². The number of benzene rings is 1. The molecule has 2 heterocycles. The van der Waals surface area contributed by atoms with Crippen LogP contribution in [0.3, 0.4) is 0 Å². The number of fused-ring (bicyclic) bond motifs is 2. The van der Waals surface area contributed by atoms with Crippen molar-refractivity contribution in [1.29, 1.82) is 0 Å². The Labute approximate surface area is 114 Å². The highest BCUT2D eigenvalue weighted by Crippen LogP contribution is 2.39. The van der Waals surface area contributed by atoms with E-state index in [1.165, 1.54) is 0 Å². The van der Waals surface area contributed by atoms with Crippen molar-refractivity contribution in [1.82, 2.24) is 4.90 Å². The van der Waals surface area contributed by atoms with Crippen molar-refractivity contribution in [2.45, 2.75) is 45.4 Å². The van der Waals surface area contributed by atoms with Crippen LogP contribution in [0.15, 0.2) is 29.3 Å². The van der Waals surface area contributed by atoms with Crippen molar-refractivity contribution in [2.75, 3.05) is 6.54 Å². The van der Waals surface area contributed by atoms with Gasteiger partial charge in [0, 0.05) is 18.5 Å². The van der Waals surface area contributed by atoms with E-state index >= 15 is 0 Å². The third-order valence-corrected chi connectivity index (χ3v) is 3.26. The topological polar surface area (TPSA) is 34.1 Å². The summed E-state index contributed by atoms with van der Waals surface area (Å²) in [6.45, 7) is 6.94. The van der Waals surface area contributed by atoms with Gasteiger partial charge in [-0.15, -0.1) is 0 Å². The van der Waals surface area contributed by atoms with E-state index in [-0.39, 0.29) is 11.8 Å². The molecule has 1 fully saturated rings. The first-order valence-corrected chi connectivity index (χ1v) is 6.82. The van der Waals surface area contributed by atoms with Gasteiger partial charge in [-0.25, -0.2) is 14.8 Å². The summed E-state index contributed by atoms with van der Waals surface area (Å²) in [6, 6.07) is 8.12. The summed E-state index contributed by atoms with van der Waals surface area (Å²) in [4.78, 5) is 18.2. The van der Waals surface area contributed by atoms with Gasteiger partial charge in [-0.3, -0.25) is 0 Å². The number of nitrogens with zero attached hydrogens (tertiary/aromatic N) is 2. The van der Waals surface area contributed by atoms with Crippen LogP contribution in [-0.4, -0.2) is 22.9 Å². The third-order valence-electron chi connectivity index (χ3n) is 3.26. The Hall–Kier alpha value is -1.39. The molecular weight excluding hydrogens is 240 g/mol. The first-order chi connectivity index (χ1) is 9.04. The lowest BCUT2D eigenvalue weighted by atomic mass is 10.1. The molecule has 102 valence electrons. The normalized spacial score (nSPS) is 21.9. The smallest absolute Gasteiger partial charge is 0.193 e. The molecule has 2 aliphatic rings. The average Bonchev–Trinajstić information content (AvgIpc) is 2.81. The molecule has 3 rings (SSSR count). The van der Waals surface area contributed by atoms with Crippen molar-refractivity contribution in [2.24, 2.45) is 4.99 Å². The summed E-state index contributed by atoms with van der Waals surface area (Å²) in [5, 5.41) is 0. The van der Waals surface area contributed by atoms with E-state index in [9.17, 15) is 0 Å². The Morgan fingerprint density at radius 1 is 1.26 bits per heavy atom. The van der Waals surface area contributed by atoms with Crippen molar-refractivity contribution >= 4 is 11.5 Å². The molecule has 4 heteroatoms. The standard InChI is InChI=1S/C15H20N2O2/c1-15(2,3)19-18-14-11-7-4-5-8-12(11)16-13-9-6-10-17(13)14/h4-5,7-8,14H,6,9-10H2,1-3H3. The zero-order chi connectivity index (χ0) is 13.5. The molecule has 0 aromatic heterocycles. The summed E-state index contributed by atoms with van der Waals surface area (Å²) in [6.07, 6.45) is 1.97. The van der Waals surface area contributed by atoms with Gasteiger partial charge in [0.15, 0.2) is 6.23 Å². The lowest BCUT2D eigenvalue weighted by Gasteiger charge is -2.34. The molecule has 0 N–H and O–H groups in total. The van der Waals surface area contributed by atoms with Gasteiger partial charge in [-0.1, -0.05) is 18.2 Å². The van der Waals surface area contributed by atoms with Crippen LogP contribution in [0, 0.1) is 0 Å². The van der Waals surface area contributed by atoms with Crippen molar-refractivity contribution in [3.63, 3.8) is 0 Å². The highest BCUT2D eigenvalue weighted by molar-refractivity contribution is 5.89. The Kier molecular flexibility index (Phi) is 3.07. The number of hydrogen-bond donors (Lipinski definition) is 0. The fourth-order valence-electron chi connectivity index (χ4n) is 2.45. The molecule has 1 aromatic carbocycles. The molecule has 2 aliphatic heterocycles.